The molecule has 148 valence electrons. The smallest absolute Gasteiger partial charge is 0.264 e. The third kappa shape index (κ3) is 3.63. The van der Waals surface area contributed by atoms with Gasteiger partial charge in [-0.1, -0.05) is 42.0 Å². The van der Waals surface area contributed by atoms with E-state index in [2.05, 4.69) is 5.32 Å². The number of rotatable bonds is 4. The van der Waals surface area contributed by atoms with Gasteiger partial charge < -0.3 is 5.32 Å². The van der Waals surface area contributed by atoms with E-state index in [1.165, 1.54) is 16.4 Å². The van der Waals surface area contributed by atoms with E-state index in [9.17, 15) is 13.2 Å². The summed E-state index contributed by atoms with van der Waals surface area (Å²) in [6.45, 7) is 4.32. The highest BCUT2D eigenvalue weighted by molar-refractivity contribution is 7.92. The predicted molar refractivity (Wildman–Crippen MR) is 115 cm³/mol. The van der Waals surface area contributed by atoms with Gasteiger partial charge in [0.15, 0.2) is 0 Å². The summed E-state index contributed by atoms with van der Waals surface area (Å²) in [5.41, 5.74) is 4.80. The Morgan fingerprint density at radius 3 is 2.55 bits per heavy atom. The molecule has 0 spiro atoms. The molecule has 1 aliphatic rings. The predicted octanol–water partition coefficient (Wildman–Crippen LogP) is 4.31. The maximum Gasteiger partial charge on any atom is 0.264 e. The maximum atomic E-state index is 13.2. The summed E-state index contributed by atoms with van der Waals surface area (Å²) in [4.78, 5) is 12.8. The van der Waals surface area contributed by atoms with Crippen LogP contribution in [-0.2, 0) is 16.4 Å². The monoisotopic (exact) mass is 406 g/mol. The number of amides is 1. The number of nitrogens with zero attached hydrogens (tertiary/aromatic N) is 1. The van der Waals surface area contributed by atoms with Crippen molar-refractivity contribution in [2.45, 2.75) is 25.2 Å². The highest BCUT2D eigenvalue weighted by Gasteiger charge is 2.30. The SMILES string of the molecule is Cc1ccc(NC(=O)c2cccc(S(=O)(=O)N3CCc4ccccc43)c2)c(C)c1. The number of nitrogens with one attached hydrogen (secondary N) is 1. The molecule has 0 atom stereocenters. The minimum Gasteiger partial charge on any atom is -0.322 e. The Hall–Kier alpha value is -3.12. The Morgan fingerprint density at radius 1 is 0.966 bits per heavy atom. The number of hydrogen-bond donors (Lipinski definition) is 1. The van der Waals surface area contributed by atoms with Crippen LogP contribution in [0, 0.1) is 13.8 Å². The van der Waals surface area contributed by atoms with Crippen molar-refractivity contribution in [3.8, 4) is 0 Å². The maximum absolute atomic E-state index is 13.2. The molecule has 5 nitrogen and oxygen atoms in total. The number of fused-ring (bicyclic) bond motifs is 1. The summed E-state index contributed by atoms with van der Waals surface area (Å²) in [6, 6.07) is 19.5. The fourth-order valence-corrected chi connectivity index (χ4v) is 5.18. The fraction of sp³-hybridized carbons (Fsp3) is 0.174. The molecule has 1 aliphatic heterocycles. The van der Waals surface area contributed by atoms with Gasteiger partial charge in [0, 0.05) is 17.8 Å². The quantitative estimate of drug-likeness (QED) is 0.702. The van der Waals surface area contributed by atoms with E-state index in [4.69, 9.17) is 0 Å². The van der Waals surface area contributed by atoms with Crippen molar-refractivity contribution >= 4 is 27.3 Å². The van der Waals surface area contributed by atoms with Crippen LogP contribution in [0.5, 0.6) is 0 Å². The largest absolute Gasteiger partial charge is 0.322 e. The van der Waals surface area contributed by atoms with Crippen LogP contribution < -0.4 is 9.62 Å². The molecule has 0 aliphatic carbocycles. The van der Waals surface area contributed by atoms with Gasteiger partial charge in [0.05, 0.1) is 10.6 Å². The van der Waals surface area contributed by atoms with Crippen LogP contribution in [0.15, 0.2) is 71.6 Å². The van der Waals surface area contributed by atoms with E-state index in [1.54, 1.807) is 12.1 Å². The number of para-hydroxylation sites is 1. The summed E-state index contributed by atoms with van der Waals surface area (Å²) in [5, 5.41) is 2.87. The number of sulfonamides is 1. The number of carbonyl (C=O) groups excluding carboxylic acids is 1. The second-order valence-corrected chi connectivity index (χ2v) is 9.12. The van der Waals surface area contributed by atoms with Crippen molar-refractivity contribution in [2.75, 3.05) is 16.2 Å². The molecule has 1 heterocycles. The summed E-state index contributed by atoms with van der Waals surface area (Å²) in [6.07, 6.45) is 0.683. The van der Waals surface area contributed by atoms with E-state index < -0.39 is 10.0 Å². The normalized spacial score (nSPS) is 13.2. The molecule has 4 rings (SSSR count). The summed E-state index contributed by atoms with van der Waals surface area (Å²) in [5.74, 6) is -0.337. The van der Waals surface area contributed by atoms with E-state index in [0.717, 1.165) is 16.7 Å². The van der Waals surface area contributed by atoms with Gasteiger partial charge in [-0.25, -0.2) is 8.42 Å². The third-order valence-electron chi connectivity index (χ3n) is 5.16. The molecule has 6 heteroatoms. The van der Waals surface area contributed by atoms with E-state index in [1.807, 2.05) is 56.3 Å². The van der Waals surface area contributed by atoms with Crippen molar-refractivity contribution < 1.29 is 13.2 Å². The molecule has 0 bridgehead atoms. The van der Waals surface area contributed by atoms with E-state index in [-0.39, 0.29) is 10.8 Å². The zero-order valence-corrected chi connectivity index (χ0v) is 17.2. The van der Waals surface area contributed by atoms with Crippen LogP contribution in [0.3, 0.4) is 0 Å². The molecule has 0 unspecified atom stereocenters. The van der Waals surface area contributed by atoms with Gasteiger partial charge in [-0.05, 0) is 61.7 Å². The van der Waals surface area contributed by atoms with Crippen LogP contribution in [0.2, 0.25) is 0 Å². The van der Waals surface area contributed by atoms with Crippen LogP contribution in [0.25, 0.3) is 0 Å². The molecule has 3 aromatic rings. The number of benzene rings is 3. The van der Waals surface area contributed by atoms with E-state index in [0.29, 0.717) is 29.9 Å². The lowest BCUT2D eigenvalue weighted by atomic mass is 10.1. The van der Waals surface area contributed by atoms with Crippen LogP contribution in [0.1, 0.15) is 27.0 Å². The highest BCUT2D eigenvalue weighted by atomic mass is 32.2. The molecule has 1 amide bonds. The van der Waals surface area contributed by atoms with Crippen molar-refractivity contribution in [3.05, 3.63) is 89.0 Å². The molecule has 0 fully saturated rings. The van der Waals surface area contributed by atoms with Gasteiger partial charge >= 0.3 is 0 Å². The zero-order valence-electron chi connectivity index (χ0n) is 16.3. The van der Waals surface area contributed by atoms with Gasteiger partial charge in [-0.15, -0.1) is 0 Å². The van der Waals surface area contributed by atoms with Gasteiger partial charge in [-0.3, -0.25) is 9.10 Å². The molecule has 1 N–H and O–H groups in total. The number of aryl methyl sites for hydroxylation is 2. The minimum absolute atomic E-state index is 0.113. The van der Waals surface area contributed by atoms with Gasteiger partial charge in [0.2, 0.25) is 0 Å². The Bertz CT molecular complexity index is 1200. The van der Waals surface area contributed by atoms with Crippen LogP contribution in [0.4, 0.5) is 11.4 Å². The van der Waals surface area contributed by atoms with Crippen LogP contribution >= 0.6 is 0 Å². The van der Waals surface area contributed by atoms with Gasteiger partial charge in [0.1, 0.15) is 0 Å². The second-order valence-electron chi connectivity index (χ2n) is 7.26. The Balaban J connectivity index is 1.62. The molecule has 0 aromatic heterocycles. The van der Waals surface area contributed by atoms with Crippen molar-refractivity contribution in [2.24, 2.45) is 0 Å². The minimum atomic E-state index is -3.74. The lowest BCUT2D eigenvalue weighted by Crippen LogP contribution is -2.29. The molecular formula is C23H22N2O3S. The van der Waals surface area contributed by atoms with Crippen molar-refractivity contribution in [1.82, 2.24) is 0 Å². The summed E-state index contributed by atoms with van der Waals surface area (Å²) >= 11 is 0. The molecule has 3 aromatic carbocycles. The highest BCUT2D eigenvalue weighted by Crippen LogP contribution is 2.32. The van der Waals surface area contributed by atoms with E-state index >= 15 is 0 Å². The third-order valence-corrected chi connectivity index (χ3v) is 6.97. The zero-order chi connectivity index (χ0) is 20.6. The fourth-order valence-electron chi connectivity index (χ4n) is 3.63. The number of carbonyl (C=O) groups is 1. The van der Waals surface area contributed by atoms with Crippen molar-refractivity contribution in [3.63, 3.8) is 0 Å². The second kappa shape index (κ2) is 7.37. The summed E-state index contributed by atoms with van der Waals surface area (Å²) < 4.78 is 27.9. The molecule has 0 saturated carbocycles. The Morgan fingerprint density at radius 2 is 1.76 bits per heavy atom. The first-order valence-corrected chi connectivity index (χ1v) is 10.9. The van der Waals surface area contributed by atoms with Gasteiger partial charge in [-0.2, -0.15) is 0 Å². The standard InChI is InChI=1S/C23H22N2O3S/c1-16-10-11-21(17(2)14-16)24-23(26)19-7-5-8-20(15-19)29(27,28)25-13-12-18-6-3-4-9-22(18)25/h3-11,14-15H,12-13H2,1-2H3,(H,24,26). The average molecular weight is 407 g/mol. The average Bonchev–Trinajstić information content (AvgIpc) is 3.15. The lowest BCUT2D eigenvalue weighted by molar-refractivity contribution is 0.102. The molecule has 0 saturated heterocycles. The molecule has 0 radical (unpaired) electrons. The molecular weight excluding hydrogens is 384 g/mol. The first-order chi connectivity index (χ1) is 13.9. The Kier molecular flexibility index (Phi) is 4.88. The van der Waals surface area contributed by atoms with Crippen molar-refractivity contribution in [1.29, 1.82) is 0 Å². The first-order valence-electron chi connectivity index (χ1n) is 9.45. The number of hydrogen-bond acceptors (Lipinski definition) is 3. The molecule has 29 heavy (non-hydrogen) atoms. The summed E-state index contributed by atoms with van der Waals surface area (Å²) in [7, 11) is -3.74. The number of anilines is 2. The first kappa shape index (κ1) is 19.2. The van der Waals surface area contributed by atoms with Gasteiger partial charge in [0.25, 0.3) is 15.9 Å². The lowest BCUT2D eigenvalue weighted by Gasteiger charge is -2.20. The Labute approximate surface area is 171 Å². The topological polar surface area (TPSA) is 66.5 Å². The van der Waals surface area contributed by atoms with Crippen LogP contribution in [-0.4, -0.2) is 20.9 Å².